The van der Waals surface area contributed by atoms with Crippen LogP contribution in [0.5, 0.6) is 0 Å². The Hall–Kier alpha value is -2.61. The van der Waals surface area contributed by atoms with Crippen LogP contribution in [0, 0.1) is 0 Å². The molecule has 1 aromatic heterocycles. The minimum absolute atomic E-state index is 0.225. The third-order valence-electron chi connectivity index (χ3n) is 5.70. The molecule has 1 aromatic carbocycles. The lowest BCUT2D eigenvalue weighted by atomic mass is 10.2. The number of anilines is 1. The summed E-state index contributed by atoms with van der Waals surface area (Å²) in [5.41, 5.74) is 1.01. The summed E-state index contributed by atoms with van der Waals surface area (Å²) in [5, 5.41) is 8.05. The monoisotopic (exact) mass is 368 g/mol. The van der Waals surface area contributed by atoms with E-state index in [1.165, 1.54) is 0 Å². The number of aromatic nitrogens is 3. The SMILES string of the molecule is O=C(OCc1ccccc1)N1CC2CCC(C1)N2c1nc2n(n1)CCNC2. The Morgan fingerprint density at radius 3 is 2.70 bits per heavy atom. The van der Waals surface area contributed by atoms with Crippen LogP contribution in [-0.4, -0.2) is 57.5 Å². The van der Waals surface area contributed by atoms with Crippen LogP contribution in [0.1, 0.15) is 24.2 Å². The standard InChI is InChI=1S/C19H24N6O2/c26-19(27-13-14-4-2-1-3-5-14)23-11-15-6-7-16(12-23)25(15)18-21-17-10-20-8-9-24(17)22-18/h1-5,15-16,20H,6-13H2. The lowest BCUT2D eigenvalue weighted by Gasteiger charge is -2.39. The zero-order valence-corrected chi connectivity index (χ0v) is 15.3. The highest BCUT2D eigenvalue weighted by Gasteiger charge is 2.43. The van der Waals surface area contributed by atoms with Crippen molar-refractivity contribution in [3.8, 4) is 0 Å². The quantitative estimate of drug-likeness (QED) is 0.882. The van der Waals surface area contributed by atoms with Crippen LogP contribution in [0.2, 0.25) is 0 Å². The molecule has 2 aromatic rings. The van der Waals surface area contributed by atoms with Crippen LogP contribution >= 0.6 is 0 Å². The molecule has 27 heavy (non-hydrogen) atoms. The van der Waals surface area contributed by atoms with E-state index in [2.05, 4.69) is 10.2 Å². The molecule has 2 bridgehead atoms. The van der Waals surface area contributed by atoms with Gasteiger partial charge < -0.3 is 19.9 Å². The number of piperazine rings is 1. The molecule has 4 heterocycles. The van der Waals surface area contributed by atoms with Gasteiger partial charge in [0.15, 0.2) is 0 Å². The third kappa shape index (κ3) is 3.14. The molecule has 8 heteroatoms. The molecule has 0 saturated carbocycles. The van der Waals surface area contributed by atoms with Crippen molar-refractivity contribution in [2.75, 3.05) is 24.5 Å². The second-order valence-corrected chi connectivity index (χ2v) is 7.47. The highest BCUT2D eigenvalue weighted by molar-refractivity contribution is 5.68. The smallest absolute Gasteiger partial charge is 0.410 e. The Bertz CT molecular complexity index is 785. The van der Waals surface area contributed by atoms with Gasteiger partial charge in [-0.05, 0) is 18.4 Å². The Morgan fingerprint density at radius 1 is 1.19 bits per heavy atom. The topological polar surface area (TPSA) is 75.5 Å². The van der Waals surface area contributed by atoms with Gasteiger partial charge in [0.05, 0.1) is 25.2 Å². The van der Waals surface area contributed by atoms with Gasteiger partial charge in [0.1, 0.15) is 12.4 Å². The van der Waals surface area contributed by atoms with E-state index < -0.39 is 0 Å². The lowest BCUT2D eigenvalue weighted by molar-refractivity contribution is 0.0879. The first-order chi connectivity index (χ1) is 13.3. The molecule has 0 aliphatic carbocycles. The fourth-order valence-corrected chi connectivity index (χ4v) is 4.35. The number of rotatable bonds is 3. The van der Waals surface area contributed by atoms with Crippen molar-refractivity contribution in [2.45, 2.75) is 44.6 Å². The molecular formula is C19H24N6O2. The summed E-state index contributed by atoms with van der Waals surface area (Å²) in [6, 6.07) is 10.3. The first-order valence-corrected chi connectivity index (χ1v) is 9.66. The number of carbonyl (C=O) groups excluding carboxylic acids is 1. The van der Waals surface area contributed by atoms with E-state index in [4.69, 9.17) is 14.8 Å². The van der Waals surface area contributed by atoms with Gasteiger partial charge in [-0.25, -0.2) is 9.48 Å². The van der Waals surface area contributed by atoms with Crippen molar-refractivity contribution >= 4 is 12.0 Å². The Labute approximate surface area is 158 Å². The maximum Gasteiger partial charge on any atom is 0.410 e. The maximum absolute atomic E-state index is 12.5. The summed E-state index contributed by atoms with van der Waals surface area (Å²) >= 11 is 0. The van der Waals surface area contributed by atoms with Gasteiger partial charge in [-0.15, -0.1) is 5.10 Å². The second kappa shape index (κ2) is 6.84. The van der Waals surface area contributed by atoms with Crippen LogP contribution < -0.4 is 10.2 Å². The Kier molecular flexibility index (Phi) is 4.20. The number of benzene rings is 1. The van der Waals surface area contributed by atoms with Gasteiger partial charge in [0.2, 0.25) is 5.95 Å². The van der Waals surface area contributed by atoms with E-state index in [1.807, 2.05) is 39.9 Å². The van der Waals surface area contributed by atoms with E-state index >= 15 is 0 Å². The molecule has 142 valence electrons. The Balaban J connectivity index is 1.24. The van der Waals surface area contributed by atoms with Crippen LogP contribution in [0.3, 0.4) is 0 Å². The van der Waals surface area contributed by atoms with Gasteiger partial charge in [-0.2, -0.15) is 4.98 Å². The van der Waals surface area contributed by atoms with Crippen molar-refractivity contribution in [3.05, 3.63) is 41.7 Å². The fourth-order valence-electron chi connectivity index (χ4n) is 4.35. The van der Waals surface area contributed by atoms with E-state index in [-0.39, 0.29) is 18.2 Å². The van der Waals surface area contributed by atoms with Crippen LogP contribution in [0.15, 0.2) is 30.3 Å². The van der Waals surface area contributed by atoms with E-state index in [0.717, 1.165) is 49.8 Å². The number of ether oxygens (including phenoxy) is 1. The summed E-state index contributed by atoms with van der Waals surface area (Å²) in [4.78, 5) is 21.4. The molecule has 3 aliphatic rings. The zero-order valence-electron chi connectivity index (χ0n) is 15.3. The van der Waals surface area contributed by atoms with Crippen LogP contribution in [0.25, 0.3) is 0 Å². The minimum atomic E-state index is -0.225. The van der Waals surface area contributed by atoms with Gasteiger partial charge in [0, 0.05) is 19.6 Å². The van der Waals surface area contributed by atoms with Gasteiger partial charge >= 0.3 is 6.09 Å². The first kappa shape index (κ1) is 16.6. The van der Waals surface area contributed by atoms with Crippen molar-refractivity contribution < 1.29 is 9.53 Å². The number of hydrogen-bond acceptors (Lipinski definition) is 6. The van der Waals surface area contributed by atoms with Crippen molar-refractivity contribution in [1.29, 1.82) is 0 Å². The molecule has 2 unspecified atom stereocenters. The Morgan fingerprint density at radius 2 is 1.96 bits per heavy atom. The molecule has 8 nitrogen and oxygen atoms in total. The number of amides is 1. The zero-order chi connectivity index (χ0) is 18.2. The highest BCUT2D eigenvalue weighted by Crippen LogP contribution is 2.33. The molecule has 5 rings (SSSR count). The van der Waals surface area contributed by atoms with Crippen molar-refractivity contribution in [1.82, 2.24) is 25.0 Å². The lowest BCUT2D eigenvalue weighted by Crippen LogP contribution is -2.56. The predicted octanol–water partition coefficient (Wildman–Crippen LogP) is 1.37. The molecule has 3 aliphatic heterocycles. The number of likely N-dealkylation sites (tertiary alicyclic amines) is 1. The normalized spacial score (nSPS) is 24.0. The number of hydrogen-bond donors (Lipinski definition) is 1. The van der Waals surface area contributed by atoms with Gasteiger partial charge in [-0.1, -0.05) is 30.3 Å². The molecule has 1 N–H and O–H groups in total. The van der Waals surface area contributed by atoms with Crippen molar-refractivity contribution in [2.24, 2.45) is 0 Å². The summed E-state index contributed by atoms with van der Waals surface area (Å²) in [6.45, 7) is 4.23. The highest BCUT2D eigenvalue weighted by atomic mass is 16.6. The van der Waals surface area contributed by atoms with E-state index in [1.54, 1.807) is 0 Å². The second-order valence-electron chi connectivity index (χ2n) is 7.47. The average Bonchev–Trinajstić information content (AvgIpc) is 3.24. The molecule has 2 atom stereocenters. The summed E-state index contributed by atoms with van der Waals surface area (Å²) in [6.07, 6.45) is 1.90. The first-order valence-electron chi connectivity index (χ1n) is 9.66. The minimum Gasteiger partial charge on any atom is -0.445 e. The average molecular weight is 368 g/mol. The molecule has 0 radical (unpaired) electrons. The van der Waals surface area contributed by atoms with Crippen LogP contribution in [-0.2, 0) is 24.4 Å². The summed E-state index contributed by atoms with van der Waals surface area (Å²) < 4.78 is 7.53. The maximum atomic E-state index is 12.5. The molecular weight excluding hydrogens is 344 g/mol. The molecule has 2 fully saturated rings. The van der Waals surface area contributed by atoms with Crippen molar-refractivity contribution in [3.63, 3.8) is 0 Å². The molecule has 1 amide bonds. The molecule has 0 spiro atoms. The van der Waals surface area contributed by atoms with Gasteiger partial charge in [0.25, 0.3) is 0 Å². The summed E-state index contributed by atoms with van der Waals surface area (Å²) in [5.74, 6) is 1.82. The largest absolute Gasteiger partial charge is 0.445 e. The number of nitrogens with zero attached hydrogens (tertiary/aromatic N) is 5. The number of fused-ring (bicyclic) bond motifs is 3. The number of nitrogens with one attached hydrogen (secondary N) is 1. The summed E-state index contributed by atoms with van der Waals surface area (Å²) in [7, 11) is 0. The van der Waals surface area contributed by atoms with E-state index in [9.17, 15) is 4.79 Å². The van der Waals surface area contributed by atoms with Gasteiger partial charge in [-0.3, -0.25) is 0 Å². The predicted molar refractivity (Wildman–Crippen MR) is 99.2 cm³/mol. The third-order valence-corrected chi connectivity index (χ3v) is 5.70. The van der Waals surface area contributed by atoms with Crippen LogP contribution in [0.4, 0.5) is 10.7 Å². The number of carbonyl (C=O) groups is 1. The molecule has 2 saturated heterocycles. The fraction of sp³-hybridized carbons (Fsp3) is 0.526. The van der Waals surface area contributed by atoms with E-state index in [0.29, 0.717) is 19.7 Å².